The second kappa shape index (κ2) is 9.89. The van der Waals surface area contributed by atoms with Gasteiger partial charge < -0.3 is 18.0 Å². The number of ether oxygens (including phenoxy) is 1. The Morgan fingerprint density at radius 2 is 1.71 bits per heavy atom. The van der Waals surface area contributed by atoms with Crippen LogP contribution in [0.25, 0.3) is 0 Å². The van der Waals surface area contributed by atoms with E-state index in [1.807, 2.05) is 24.3 Å². The van der Waals surface area contributed by atoms with E-state index in [0.29, 0.717) is 32.3 Å². The fourth-order valence-electron chi connectivity index (χ4n) is 4.40. The van der Waals surface area contributed by atoms with Gasteiger partial charge in [0.15, 0.2) is 0 Å². The summed E-state index contributed by atoms with van der Waals surface area (Å²) in [6.07, 6.45) is 1.67. The highest BCUT2D eigenvalue weighted by atomic mass is 28.4. The molecule has 0 aromatic heterocycles. The van der Waals surface area contributed by atoms with Crippen molar-refractivity contribution in [3.63, 3.8) is 0 Å². The topological polar surface area (TPSA) is 54.0 Å². The van der Waals surface area contributed by atoms with E-state index in [4.69, 9.17) is 18.0 Å². The highest BCUT2D eigenvalue weighted by Gasteiger charge is 2.51. The van der Waals surface area contributed by atoms with Crippen molar-refractivity contribution in [2.24, 2.45) is 0 Å². The highest BCUT2D eigenvalue weighted by molar-refractivity contribution is 6.60. The summed E-state index contributed by atoms with van der Waals surface area (Å²) in [7, 11) is -2.92. The fraction of sp³-hybridized carbons (Fsp3) is 0.375. The number of esters is 1. The van der Waals surface area contributed by atoms with Crippen LogP contribution < -0.4 is 4.48 Å². The SMILES string of the molecule is C=CC(=O)OCCC[Si]12OCC[N+](c3ccccc3)(CCO1)CC(c1ccccc1)O2. The maximum Gasteiger partial charge on any atom is 0.502 e. The van der Waals surface area contributed by atoms with E-state index in [1.165, 1.54) is 11.8 Å². The number of nitrogens with zero attached hydrogens (tertiary/aromatic N) is 1. The first-order valence-corrected chi connectivity index (χ1v) is 12.8. The summed E-state index contributed by atoms with van der Waals surface area (Å²) < 4.78 is 25.4. The number of carbonyl (C=O) groups excluding carboxylic acids is 1. The Hall–Kier alpha value is -2.29. The lowest BCUT2D eigenvalue weighted by Crippen LogP contribution is -2.64. The number of rotatable bonds is 7. The Labute approximate surface area is 185 Å². The Balaban J connectivity index is 1.59. The van der Waals surface area contributed by atoms with Crippen molar-refractivity contribution in [2.45, 2.75) is 18.6 Å². The first-order valence-electron chi connectivity index (χ1n) is 10.9. The maximum atomic E-state index is 11.4. The molecule has 5 rings (SSSR count). The number of hydrogen-bond acceptors (Lipinski definition) is 5. The Kier molecular flexibility index (Phi) is 6.99. The summed E-state index contributed by atoms with van der Waals surface area (Å²) >= 11 is 0. The minimum atomic E-state index is -2.92. The third kappa shape index (κ3) is 5.14. The van der Waals surface area contributed by atoms with Crippen LogP contribution in [0.2, 0.25) is 6.04 Å². The Bertz CT molecular complexity index is 866. The molecule has 0 spiro atoms. The lowest BCUT2D eigenvalue weighted by molar-refractivity contribution is -0.137. The molecule has 0 aliphatic carbocycles. The predicted octanol–water partition coefficient (Wildman–Crippen LogP) is 3.87. The molecule has 3 fully saturated rings. The van der Waals surface area contributed by atoms with Crippen LogP contribution in [0.1, 0.15) is 18.1 Å². The average Bonchev–Trinajstić information content (AvgIpc) is 2.78. The quantitative estimate of drug-likeness (QED) is 0.215. The second-order valence-electron chi connectivity index (χ2n) is 7.98. The van der Waals surface area contributed by atoms with Gasteiger partial charge in [-0.25, -0.2) is 4.79 Å². The number of fused-ring (bicyclic) bond motifs is 6. The van der Waals surface area contributed by atoms with Crippen LogP contribution in [0.5, 0.6) is 0 Å². The lowest BCUT2D eigenvalue weighted by Gasteiger charge is -2.48. The highest BCUT2D eigenvalue weighted by Crippen LogP contribution is 2.37. The summed E-state index contributed by atoms with van der Waals surface area (Å²) in [6, 6.07) is 21.5. The molecule has 3 aliphatic rings. The van der Waals surface area contributed by atoms with Gasteiger partial charge in [-0.15, -0.1) is 0 Å². The molecule has 164 valence electrons. The van der Waals surface area contributed by atoms with Crippen LogP contribution in [0, 0.1) is 0 Å². The molecule has 2 bridgehead atoms. The molecule has 0 amide bonds. The summed E-state index contributed by atoms with van der Waals surface area (Å²) in [4.78, 5) is 11.4. The monoisotopic (exact) mass is 440 g/mol. The summed E-state index contributed by atoms with van der Waals surface area (Å²) in [5.41, 5.74) is 2.39. The fourth-order valence-corrected chi connectivity index (χ4v) is 7.05. The van der Waals surface area contributed by atoms with Gasteiger partial charge in [0.2, 0.25) is 0 Å². The molecular weight excluding hydrogens is 410 g/mol. The van der Waals surface area contributed by atoms with Crippen molar-refractivity contribution in [2.75, 3.05) is 39.5 Å². The molecule has 2 aromatic rings. The summed E-state index contributed by atoms with van der Waals surface area (Å²) in [6.45, 7) is 7.48. The minimum Gasteiger partial charge on any atom is -0.463 e. The maximum absolute atomic E-state index is 11.4. The van der Waals surface area contributed by atoms with Crippen molar-refractivity contribution in [3.8, 4) is 0 Å². The van der Waals surface area contributed by atoms with Gasteiger partial charge in [-0.2, -0.15) is 0 Å². The zero-order valence-corrected chi connectivity index (χ0v) is 18.8. The molecule has 0 saturated carbocycles. The van der Waals surface area contributed by atoms with Gasteiger partial charge in [-0.1, -0.05) is 55.1 Å². The van der Waals surface area contributed by atoms with Crippen molar-refractivity contribution in [3.05, 3.63) is 78.9 Å². The van der Waals surface area contributed by atoms with Crippen LogP contribution in [0.4, 0.5) is 5.69 Å². The molecule has 3 heterocycles. The molecule has 3 saturated heterocycles. The summed E-state index contributed by atoms with van der Waals surface area (Å²) in [5, 5.41) is 0. The lowest BCUT2D eigenvalue weighted by atomic mass is 10.1. The number of benzene rings is 2. The summed E-state index contributed by atoms with van der Waals surface area (Å²) in [5.74, 6) is -0.413. The smallest absolute Gasteiger partial charge is 0.463 e. The third-order valence-corrected chi connectivity index (χ3v) is 8.93. The number of hydrogen-bond donors (Lipinski definition) is 0. The van der Waals surface area contributed by atoms with Gasteiger partial charge in [-0.05, 0) is 24.1 Å². The zero-order valence-electron chi connectivity index (χ0n) is 17.8. The van der Waals surface area contributed by atoms with E-state index in [1.54, 1.807) is 0 Å². The van der Waals surface area contributed by atoms with E-state index in [9.17, 15) is 4.79 Å². The number of para-hydroxylation sites is 1. The third-order valence-electron chi connectivity index (χ3n) is 6.03. The van der Waals surface area contributed by atoms with Crippen LogP contribution in [-0.4, -0.2) is 54.2 Å². The molecule has 6 nitrogen and oxygen atoms in total. The first kappa shape index (κ1) is 21.9. The van der Waals surface area contributed by atoms with Gasteiger partial charge in [0.05, 0.1) is 19.8 Å². The molecule has 1 atom stereocenters. The van der Waals surface area contributed by atoms with Crippen LogP contribution in [0.3, 0.4) is 0 Å². The van der Waals surface area contributed by atoms with Crippen molar-refractivity contribution in [1.82, 2.24) is 4.48 Å². The standard InChI is InChI=1S/C24H30NO5Si/c1-2-24(26)27-16-9-19-31-28-17-14-25(15-18-29-31,22-12-7-4-8-13-22)20-23(30-31)21-10-5-3-6-11-21/h2-8,10-13,23H,1,9,14-20H2/q+1. The van der Waals surface area contributed by atoms with Gasteiger partial charge in [0.1, 0.15) is 31.4 Å². The molecule has 0 radical (unpaired) electrons. The number of quaternary nitrogens is 1. The molecule has 31 heavy (non-hydrogen) atoms. The molecular formula is C24H30NO5Si+. The molecule has 2 aromatic carbocycles. The largest absolute Gasteiger partial charge is 0.502 e. The van der Waals surface area contributed by atoms with Crippen molar-refractivity contribution >= 4 is 20.5 Å². The molecule has 3 aliphatic heterocycles. The van der Waals surface area contributed by atoms with E-state index in [-0.39, 0.29) is 6.10 Å². The van der Waals surface area contributed by atoms with Crippen LogP contribution >= 0.6 is 0 Å². The normalized spacial score (nSPS) is 28.2. The number of carbonyl (C=O) groups is 1. The van der Waals surface area contributed by atoms with Gasteiger partial charge in [0.25, 0.3) is 0 Å². The van der Waals surface area contributed by atoms with Crippen molar-refractivity contribution < 1.29 is 22.8 Å². The molecule has 1 unspecified atom stereocenters. The van der Waals surface area contributed by atoms with Gasteiger partial charge >= 0.3 is 14.8 Å². The van der Waals surface area contributed by atoms with Crippen LogP contribution in [0.15, 0.2) is 73.3 Å². The molecule has 0 N–H and O–H groups in total. The van der Waals surface area contributed by atoms with E-state index in [0.717, 1.165) is 29.7 Å². The van der Waals surface area contributed by atoms with E-state index < -0.39 is 14.8 Å². The van der Waals surface area contributed by atoms with Gasteiger partial charge in [0, 0.05) is 12.1 Å². The van der Waals surface area contributed by atoms with E-state index >= 15 is 0 Å². The Morgan fingerprint density at radius 1 is 1.06 bits per heavy atom. The van der Waals surface area contributed by atoms with Gasteiger partial charge in [-0.3, -0.25) is 4.48 Å². The van der Waals surface area contributed by atoms with E-state index in [2.05, 4.69) is 43.0 Å². The minimum absolute atomic E-state index is 0.135. The second-order valence-corrected chi connectivity index (χ2v) is 10.7. The zero-order chi connectivity index (χ0) is 21.6. The average molecular weight is 441 g/mol. The first-order chi connectivity index (χ1) is 15.1. The predicted molar refractivity (Wildman–Crippen MR) is 121 cm³/mol. The van der Waals surface area contributed by atoms with Crippen molar-refractivity contribution in [1.29, 1.82) is 0 Å². The molecule has 7 heteroatoms. The van der Waals surface area contributed by atoms with Crippen LogP contribution in [-0.2, 0) is 22.8 Å². The Morgan fingerprint density at radius 3 is 2.35 bits per heavy atom.